The molecule has 0 saturated heterocycles. The third-order valence-electron chi connectivity index (χ3n) is 6.41. The van der Waals surface area contributed by atoms with E-state index in [4.69, 9.17) is 9.16 Å². The van der Waals surface area contributed by atoms with Gasteiger partial charge in [-0.25, -0.2) is 0 Å². The lowest BCUT2D eigenvalue weighted by atomic mass is 9.66. The molecule has 5 rings (SSSR count). The number of esters is 1. The predicted octanol–water partition coefficient (Wildman–Crippen LogP) is 6.60. The molecule has 3 nitrogen and oxygen atoms in total. The summed E-state index contributed by atoms with van der Waals surface area (Å²) < 4.78 is 13.1. The van der Waals surface area contributed by atoms with Crippen molar-refractivity contribution in [1.29, 1.82) is 0 Å². The highest BCUT2D eigenvalue weighted by molar-refractivity contribution is 6.69. The van der Waals surface area contributed by atoms with Crippen LogP contribution in [-0.4, -0.2) is 14.3 Å². The molecule has 3 aromatic rings. The minimum absolute atomic E-state index is 0.209. The molecule has 0 bridgehead atoms. The van der Waals surface area contributed by atoms with E-state index < -0.39 is 13.9 Å². The maximum Gasteiger partial charge on any atom is 0.314 e. The molecular formula is C28H28O3Si. The Morgan fingerprint density at radius 1 is 0.812 bits per heavy atom. The summed E-state index contributed by atoms with van der Waals surface area (Å²) >= 11 is 0. The first-order valence-corrected chi connectivity index (χ1v) is 14.6. The second-order valence-electron chi connectivity index (χ2n) is 9.68. The highest BCUT2D eigenvalue weighted by Gasteiger charge is 2.54. The van der Waals surface area contributed by atoms with Crippen LogP contribution in [0.4, 0.5) is 0 Å². The fourth-order valence-electron chi connectivity index (χ4n) is 5.29. The molecule has 3 aromatic carbocycles. The molecule has 4 heteroatoms. The first kappa shape index (κ1) is 20.9. The van der Waals surface area contributed by atoms with Crippen molar-refractivity contribution in [3.05, 3.63) is 101 Å². The zero-order valence-corrected chi connectivity index (χ0v) is 20.0. The van der Waals surface area contributed by atoms with Gasteiger partial charge < -0.3 is 9.16 Å². The summed E-state index contributed by atoms with van der Waals surface area (Å²) in [5, 5.41) is 0. The van der Waals surface area contributed by atoms with Crippen LogP contribution >= 0.6 is 0 Å². The molecule has 32 heavy (non-hydrogen) atoms. The second-order valence-corrected chi connectivity index (χ2v) is 14.1. The first-order chi connectivity index (χ1) is 15.3. The standard InChI is InChI=1S/C28H28O3Si/c1-19-26(22-13-7-10-16-25(22)30-27(19)29)28(31-32(2,3)4)23-14-8-5-11-20(23)17-18-21-12-6-9-15-24(21)28/h5-19,26H,1-4H3/t19-,26+/m1/s1. The Bertz CT molecular complexity index is 1170. The van der Waals surface area contributed by atoms with E-state index in [0.717, 1.165) is 27.8 Å². The SMILES string of the molecule is C[C@H]1C(=O)Oc2ccccc2[C@H]1C1(O[Si](C)(C)C)c2ccccc2C=Cc2ccccc21. The quantitative estimate of drug-likeness (QED) is 0.261. The summed E-state index contributed by atoms with van der Waals surface area (Å²) in [6.07, 6.45) is 4.34. The van der Waals surface area contributed by atoms with Crippen LogP contribution in [0.2, 0.25) is 19.6 Å². The van der Waals surface area contributed by atoms with E-state index >= 15 is 0 Å². The number of para-hydroxylation sites is 1. The molecule has 1 heterocycles. The second kappa shape index (κ2) is 7.57. The van der Waals surface area contributed by atoms with Gasteiger partial charge in [-0.1, -0.05) is 85.8 Å². The fraction of sp³-hybridized carbons (Fsp3) is 0.250. The number of ether oxygens (including phenoxy) is 1. The number of rotatable bonds is 3. The van der Waals surface area contributed by atoms with Gasteiger partial charge in [0.1, 0.15) is 11.4 Å². The lowest BCUT2D eigenvalue weighted by molar-refractivity contribution is -0.143. The van der Waals surface area contributed by atoms with Gasteiger partial charge in [0.15, 0.2) is 8.32 Å². The van der Waals surface area contributed by atoms with Gasteiger partial charge in [-0.3, -0.25) is 4.79 Å². The molecule has 0 unspecified atom stereocenters. The van der Waals surface area contributed by atoms with Gasteiger partial charge in [0, 0.05) is 11.5 Å². The predicted molar refractivity (Wildman–Crippen MR) is 131 cm³/mol. The third kappa shape index (κ3) is 3.26. The van der Waals surface area contributed by atoms with Crippen LogP contribution in [0.1, 0.15) is 40.7 Å². The summed E-state index contributed by atoms with van der Waals surface area (Å²) in [6, 6.07) is 24.8. The number of fused-ring (bicyclic) bond motifs is 3. The van der Waals surface area contributed by atoms with E-state index in [2.05, 4.69) is 86.4 Å². The minimum Gasteiger partial charge on any atom is -0.426 e. The van der Waals surface area contributed by atoms with Crippen LogP contribution in [0, 0.1) is 5.92 Å². The zero-order chi connectivity index (χ0) is 22.5. The van der Waals surface area contributed by atoms with Gasteiger partial charge in [-0.05, 0) is 48.0 Å². The zero-order valence-electron chi connectivity index (χ0n) is 19.0. The lowest BCUT2D eigenvalue weighted by Gasteiger charge is -2.49. The summed E-state index contributed by atoms with van der Waals surface area (Å²) in [6.45, 7) is 8.63. The smallest absolute Gasteiger partial charge is 0.314 e. The van der Waals surface area contributed by atoms with Gasteiger partial charge in [0.05, 0.1) is 5.92 Å². The van der Waals surface area contributed by atoms with E-state index in [9.17, 15) is 4.79 Å². The Morgan fingerprint density at radius 3 is 1.94 bits per heavy atom. The molecule has 0 spiro atoms. The maximum absolute atomic E-state index is 13.1. The topological polar surface area (TPSA) is 35.5 Å². The van der Waals surface area contributed by atoms with Crippen molar-refractivity contribution < 1.29 is 14.0 Å². The fourth-order valence-corrected chi connectivity index (χ4v) is 6.60. The van der Waals surface area contributed by atoms with Gasteiger partial charge in [0.2, 0.25) is 0 Å². The van der Waals surface area contributed by atoms with Gasteiger partial charge in [-0.2, -0.15) is 0 Å². The Hall–Kier alpha value is -2.95. The molecule has 1 aliphatic carbocycles. The van der Waals surface area contributed by atoms with Gasteiger partial charge >= 0.3 is 5.97 Å². The maximum atomic E-state index is 13.1. The van der Waals surface area contributed by atoms with E-state index in [1.807, 2.05) is 25.1 Å². The van der Waals surface area contributed by atoms with E-state index in [0.29, 0.717) is 5.75 Å². The molecule has 0 N–H and O–H groups in total. The van der Waals surface area contributed by atoms with Crippen molar-refractivity contribution in [2.75, 3.05) is 0 Å². The Balaban J connectivity index is 1.93. The number of benzene rings is 3. The number of carbonyl (C=O) groups is 1. The van der Waals surface area contributed by atoms with Crippen molar-refractivity contribution >= 4 is 26.4 Å². The summed E-state index contributed by atoms with van der Waals surface area (Å²) in [5.74, 6) is -0.180. The highest BCUT2D eigenvalue weighted by atomic mass is 28.4. The molecule has 162 valence electrons. The summed E-state index contributed by atoms with van der Waals surface area (Å²) in [5.41, 5.74) is 4.63. The van der Waals surface area contributed by atoms with Crippen LogP contribution in [0.5, 0.6) is 5.75 Å². The minimum atomic E-state index is -2.11. The molecule has 1 aliphatic heterocycles. The van der Waals surface area contributed by atoms with Gasteiger partial charge in [0.25, 0.3) is 0 Å². The van der Waals surface area contributed by atoms with Gasteiger partial charge in [-0.15, -0.1) is 0 Å². The Labute approximate surface area is 190 Å². The third-order valence-corrected chi connectivity index (χ3v) is 7.34. The molecule has 2 atom stereocenters. The molecule has 0 aromatic heterocycles. The van der Waals surface area contributed by atoms with Crippen LogP contribution in [0.25, 0.3) is 12.2 Å². The molecule has 0 amide bonds. The largest absolute Gasteiger partial charge is 0.426 e. The molecule has 2 aliphatic rings. The molecule has 0 fully saturated rings. The normalized spacial score (nSPS) is 21.1. The van der Waals surface area contributed by atoms with Crippen LogP contribution in [-0.2, 0) is 14.8 Å². The average molecular weight is 441 g/mol. The summed E-state index contributed by atoms with van der Waals surface area (Å²) in [4.78, 5) is 13.1. The lowest BCUT2D eigenvalue weighted by Crippen LogP contribution is -2.50. The Morgan fingerprint density at radius 2 is 1.34 bits per heavy atom. The first-order valence-electron chi connectivity index (χ1n) is 11.2. The monoisotopic (exact) mass is 440 g/mol. The Kier molecular flexibility index (Phi) is 4.95. The van der Waals surface area contributed by atoms with Crippen molar-refractivity contribution in [1.82, 2.24) is 0 Å². The highest BCUT2D eigenvalue weighted by Crippen LogP contribution is 2.56. The number of carbonyl (C=O) groups excluding carboxylic acids is 1. The van der Waals surface area contributed by atoms with Crippen LogP contribution in [0.15, 0.2) is 72.8 Å². The molecular weight excluding hydrogens is 412 g/mol. The number of hydrogen-bond acceptors (Lipinski definition) is 3. The molecule has 0 radical (unpaired) electrons. The average Bonchev–Trinajstić information content (AvgIpc) is 2.89. The van der Waals surface area contributed by atoms with E-state index in [1.54, 1.807) is 0 Å². The van der Waals surface area contributed by atoms with Crippen molar-refractivity contribution in [2.24, 2.45) is 5.92 Å². The van der Waals surface area contributed by atoms with Crippen LogP contribution in [0.3, 0.4) is 0 Å². The summed E-state index contributed by atoms with van der Waals surface area (Å²) in [7, 11) is -2.11. The van der Waals surface area contributed by atoms with Crippen molar-refractivity contribution in [2.45, 2.75) is 38.1 Å². The van der Waals surface area contributed by atoms with Crippen molar-refractivity contribution in [3.8, 4) is 5.75 Å². The number of hydrogen-bond donors (Lipinski definition) is 0. The van der Waals surface area contributed by atoms with E-state index in [1.165, 1.54) is 0 Å². The van der Waals surface area contributed by atoms with Crippen LogP contribution < -0.4 is 4.74 Å². The van der Waals surface area contributed by atoms with Crippen molar-refractivity contribution in [3.63, 3.8) is 0 Å². The van der Waals surface area contributed by atoms with E-state index in [-0.39, 0.29) is 17.8 Å². The molecule has 0 saturated carbocycles.